The molecule has 7 nitrogen and oxygen atoms in total. The summed E-state index contributed by atoms with van der Waals surface area (Å²) in [6.45, 7) is 0. The van der Waals surface area contributed by atoms with Gasteiger partial charge in [-0.1, -0.05) is 30.3 Å². The number of carboxylic acids is 1. The molecule has 8 heteroatoms. The van der Waals surface area contributed by atoms with Gasteiger partial charge < -0.3 is 16.6 Å². The molecule has 0 bridgehead atoms. The number of nitrogens with one attached hydrogen (secondary N) is 1. The number of hydrogen-bond donors (Lipinski definition) is 4. The molecule has 1 aromatic heterocycles. The summed E-state index contributed by atoms with van der Waals surface area (Å²) in [5.74, 6) is -0.621. The Morgan fingerprint density at radius 2 is 1.90 bits per heavy atom. The maximum atomic E-state index is 10.4. The number of H-pyrrole nitrogens is 1. The minimum absolute atomic E-state index is 0. The van der Waals surface area contributed by atoms with Crippen LogP contribution in [0.5, 0.6) is 0 Å². The van der Waals surface area contributed by atoms with Crippen molar-refractivity contribution in [2.45, 2.75) is 12.5 Å². The van der Waals surface area contributed by atoms with Crippen molar-refractivity contribution < 1.29 is 14.6 Å². The largest absolute Gasteiger partial charge is 0.480 e. The summed E-state index contributed by atoms with van der Waals surface area (Å²) in [4.78, 5) is 26.3. The van der Waals surface area contributed by atoms with Crippen molar-refractivity contribution in [1.82, 2.24) is 9.97 Å². The highest BCUT2D eigenvalue weighted by molar-refractivity contribution is 5.73. The van der Waals surface area contributed by atoms with E-state index in [1.807, 2.05) is 30.3 Å². The first-order chi connectivity index (χ1) is 9.49. The Hall–Kier alpha value is -2.74. The summed E-state index contributed by atoms with van der Waals surface area (Å²) in [5.41, 5.74) is 11.1. The second-order valence-corrected chi connectivity index (χ2v) is 3.96. The number of nitrogens with zero attached hydrogens (tertiary/aromatic N) is 1. The number of halogens is 1. The Kier molecular flexibility index (Phi) is 8.01. The van der Waals surface area contributed by atoms with E-state index in [0.29, 0.717) is 12.2 Å². The number of anilines is 1. The molecule has 0 fully saturated rings. The van der Waals surface area contributed by atoms with E-state index in [9.17, 15) is 9.59 Å². The molecule has 0 aliphatic rings. The predicted octanol–water partition coefficient (Wildman–Crippen LogP) is 0.146. The van der Waals surface area contributed by atoms with Crippen molar-refractivity contribution in [2.75, 3.05) is 5.73 Å². The molecule has 0 aliphatic heterocycles. The van der Waals surface area contributed by atoms with Crippen LogP contribution in [0.2, 0.25) is 0 Å². The number of carboxylic acid groups (broad SMARTS) is 1. The molecule has 0 radical (unpaired) electrons. The average molecular weight is 296 g/mol. The molecule has 0 saturated carbocycles. The molecule has 1 aromatic carbocycles. The van der Waals surface area contributed by atoms with Crippen molar-refractivity contribution in [3.05, 3.63) is 58.6 Å². The third-order valence-corrected chi connectivity index (χ3v) is 2.31. The van der Waals surface area contributed by atoms with Crippen LogP contribution in [0, 0.1) is 0 Å². The predicted molar refractivity (Wildman–Crippen MR) is 77.5 cm³/mol. The minimum Gasteiger partial charge on any atom is -0.480 e. The van der Waals surface area contributed by atoms with Crippen LogP contribution in [-0.2, 0) is 11.2 Å². The molecule has 2 aromatic rings. The fraction of sp³-hybridized carbons (Fsp3) is 0.154. The number of aliphatic carboxylic acids is 1. The van der Waals surface area contributed by atoms with Gasteiger partial charge in [0.1, 0.15) is 11.9 Å². The topological polar surface area (TPSA) is 135 Å². The fourth-order valence-corrected chi connectivity index (χ4v) is 1.34. The summed E-state index contributed by atoms with van der Waals surface area (Å²) < 4.78 is 0. The Bertz CT molecular complexity index is 604. The number of hydrogen-bond acceptors (Lipinski definition) is 5. The number of nitrogen functional groups attached to an aromatic ring is 1. The fourth-order valence-electron chi connectivity index (χ4n) is 1.34. The highest BCUT2D eigenvalue weighted by atomic mass is 19.0. The maximum Gasteiger partial charge on any atom is 0.346 e. The van der Waals surface area contributed by atoms with Crippen LogP contribution in [0.1, 0.15) is 5.56 Å². The molecular formula is C13H17FN4O3. The molecule has 21 heavy (non-hydrogen) atoms. The van der Waals surface area contributed by atoms with Crippen molar-refractivity contribution in [3.63, 3.8) is 0 Å². The van der Waals surface area contributed by atoms with Gasteiger partial charge in [-0.2, -0.15) is 0 Å². The van der Waals surface area contributed by atoms with Crippen LogP contribution in [-0.4, -0.2) is 27.1 Å². The SMILES string of the molecule is F.NC(Cc1ccccc1)C(=O)O.Nc1ccnc(=O)[nH]1. The molecule has 0 spiro atoms. The lowest BCUT2D eigenvalue weighted by Gasteiger charge is -2.04. The Labute approximate surface area is 120 Å². The third-order valence-electron chi connectivity index (χ3n) is 2.31. The molecule has 0 aliphatic carbocycles. The average Bonchev–Trinajstić information content (AvgIpc) is 2.40. The van der Waals surface area contributed by atoms with E-state index in [-0.39, 0.29) is 4.70 Å². The zero-order valence-electron chi connectivity index (χ0n) is 11.1. The van der Waals surface area contributed by atoms with Crippen molar-refractivity contribution in [2.24, 2.45) is 5.73 Å². The second-order valence-electron chi connectivity index (χ2n) is 3.96. The number of rotatable bonds is 3. The molecular weight excluding hydrogens is 279 g/mol. The van der Waals surface area contributed by atoms with E-state index in [0.717, 1.165) is 5.56 Å². The van der Waals surface area contributed by atoms with Crippen LogP contribution < -0.4 is 17.2 Å². The van der Waals surface area contributed by atoms with Gasteiger partial charge >= 0.3 is 11.7 Å². The lowest BCUT2D eigenvalue weighted by atomic mass is 10.1. The summed E-state index contributed by atoms with van der Waals surface area (Å²) in [7, 11) is 0. The van der Waals surface area contributed by atoms with E-state index in [1.54, 1.807) is 0 Å². The van der Waals surface area contributed by atoms with E-state index < -0.39 is 17.7 Å². The normalized spacial score (nSPS) is 10.5. The second kappa shape index (κ2) is 9.21. The van der Waals surface area contributed by atoms with Crippen LogP contribution in [0.25, 0.3) is 0 Å². The Morgan fingerprint density at radius 3 is 2.33 bits per heavy atom. The van der Waals surface area contributed by atoms with Crippen molar-refractivity contribution in [3.8, 4) is 0 Å². The van der Waals surface area contributed by atoms with Gasteiger partial charge in [0.2, 0.25) is 0 Å². The summed E-state index contributed by atoms with van der Waals surface area (Å²) in [6.07, 6.45) is 1.74. The zero-order chi connectivity index (χ0) is 15.0. The molecule has 0 saturated heterocycles. The molecule has 114 valence electrons. The first-order valence-corrected chi connectivity index (χ1v) is 5.82. The van der Waals surface area contributed by atoms with Gasteiger partial charge in [-0.25, -0.2) is 9.78 Å². The molecule has 0 amide bonds. The van der Waals surface area contributed by atoms with Gasteiger partial charge in [0.25, 0.3) is 0 Å². The maximum absolute atomic E-state index is 10.4. The van der Waals surface area contributed by atoms with Crippen LogP contribution >= 0.6 is 0 Å². The minimum atomic E-state index is -0.959. The van der Waals surface area contributed by atoms with Gasteiger partial charge in [0.05, 0.1) is 0 Å². The van der Waals surface area contributed by atoms with Gasteiger partial charge in [0, 0.05) is 6.20 Å². The molecule has 1 atom stereocenters. The Balaban J connectivity index is 0.000000390. The van der Waals surface area contributed by atoms with Crippen LogP contribution in [0.15, 0.2) is 47.4 Å². The quantitative estimate of drug-likeness (QED) is 0.636. The number of benzene rings is 1. The molecule has 1 unspecified atom stereocenters. The Morgan fingerprint density at radius 1 is 1.29 bits per heavy atom. The highest BCUT2D eigenvalue weighted by Crippen LogP contribution is 2.01. The first-order valence-electron chi connectivity index (χ1n) is 5.82. The van der Waals surface area contributed by atoms with E-state index in [1.165, 1.54) is 12.3 Å². The van der Waals surface area contributed by atoms with Gasteiger partial charge in [0.15, 0.2) is 0 Å². The highest BCUT2D eigenvalue weighted by Gasteiger charge is 2.10. The van der Waals surface area contributed by atoms with Crippen molar-refractivity contribution >= 4 is 11.8 Å². The zero-order valence-corrected chi connectivity index (χ0v) is 11.1. The summed E-state index contributed by atoms with van der Waals surface area (Å²) in [5, 5.41) is 8.52. The van der Waals surface area contributed by atoms with Crippen LogP contribution in [0.3, 0.4) is 0 Å². The lowest BCUT2D eigenvalue weighted by molar-refractivity contribution is -0.138. The van der Waals surface area contributed by atoms with E-state index >= 15 is 0 Å². The first kappa shape index (κ1) is 18.3. The molecule has 2 rings (SSSR count). The number of nitrogens with two attached hydrogens (primary N) is 2. The van der Waals surface area contributed by atoms with E-state index in [2.05, 4.69) is 9.97 Å². The summed E-state index contributed by atoms with van der Waals surface area (Å²) in [6, 6.07) is 10.1. The standard InChI is InChI=1S/C9H11NO2.C4H5N3O.FH/c10-8(9(11)12)6-7-4-2-1-3-5-7;5-3-1-2-6-4(8)7-3;/h1-5,8H,6,10H2,(H,11,12);1-2H,(H3,5,6,7,8);1H. The van der Waals surface area contributed by atoms with Crippen LogP contribution in [0.4, 0.5) is 10.5 Å². The number of carbonyl (C=O) groups is 1. The van der Waals surface area contributed by atoms with E-state index in [4.69, 9.17) is 16.6 Å². The lowest BCUT2D eigenvalue weighted by Crippen LogP contribution is -2.32. The van der Waals surface area contributed by atoms with Crippen molar-refractivity contribution in [1.29, 1.82) is 0 Å². The third kappa shape index (κ3) is 7.43. The van der Waals surface area contributed by atoms with Gasteiger partial charge in [-0.05, 0) is 18.1 Å². The monoisotopic (exact) mass is 296 g/mol. The molecule has 6 N–H and O–H groups in total. The molecule has 1 heterocycles. The van der Waals surface area contributed by atoms with Gasteiger partial charge in [-0.15, -0.1) is 0 Å². The summed E-state index contributed by atoms with van der Waals surface area (Å²) >= 11 is 0. The number of aromatic nitrogens is 2. The smallest absolute Gasteiger partial charge is 0.346 e. The number of aromatic amines is 1. The van der Waals surface area contributed by atoms with Gasteiger partial charge in [-0.3, -0.25) is 14.5 Å².